The molecule has 0 spiro atoms. The highest BCUT2D eigenvalue weighted by Gasteiger charge is 2.18. The van der Waals surface area contributed by atoms with Crippen LogP contribution in [0.1, 0.15) is 18.4 Å². The van der Waals surface area contributed by atoms with E-state index in [1.54, 1.807) is 0 Å². The molecule has 20 heavy (non-hydrogen) atoms. The molecule has 0 aliphatic carbocycles. The highest BCUT2D eigenvalue weighted by molar-refractivity contribution is 6.39. The lowest BCUT2D eigenvalue weighted by Gasteiger charge is -2.12. The first-order chi connectivity index (χ1) is 9.72. The number of hydrogen-bond acceptors (Lipinski definition) is 5. The van der Waals surface area contributed by atoms with Crippen LogP contribution >= 0.6 is 0 Å². The largest absolute Gasteiger partial charge is 0.454 e. The fourth-order valence-corrected chi connectivity index (χ4v) is 1.97. The number of rotatable bonds is 3. The molecule has 0 aromatic heterocycles. The molecule has 2 N–H and O–H groups in total. The molecule has 2 amide bonds. The van der Waals surface area contributed by atoms with Gasteiger partial charge >= 0.3 is 0 Å². The van der Waals surface area contributed by atoms with E-state index in [2.05, 4.69) is 15.8 Å². The number of hydrazone groups is 1. The first-order valence-corrected chi connectivity index (χ1v) is 6.24. The Bertz CT molecular complexity index is 597. The van der Waals surface area contributed by atoms with E-state index in [-0.39, 0.29) is 25.0 Å². The third kappa shape index (κ3) is 2.56. The van der Waals surface area contributed by atoms with E-state index in [1.165, 1.54) is 0 Å². The number of ether oxygens (including phenoxy) is 2. The van der Waals surface area contributed by atoms with Gasteiger partial charge in [-0.1, -0.05) is 6.07 Å². The van der Waals surface area contributed by atoms with E-state index >= 15 is 0 Å². The van der Waals surface area contributed by atoms with Gasteiger partial charge in [-0.15, -0.1) is 0 Å². The first-order valence-electron chi connectivity index (χ1n) is 6.24. The lowest BCUT2D eigenvalue weighted by molar-refractivity contribution is -0.121. The third-order valence-corrected chi connectivity index (χ3v) is 3.06. The number of nitrogens with one attached hydrogen (secondary N) is 2. The van der Waals surface area contributed by atoms with Gasteiger partial charge in [-0.05, 0) is 17.7 Å². The summed E-state index contributed by atoms with van der Waals surface area (Å²) < 4.78 is 10.5. The Morgan fingerprint density at radius 1 is 1.30 bits per heavy atom. The Kier molecular flexibility index (Phi) is 3.24. The summed E-state index contributed by atoms with van der Waals surface area (Å²) in [7, 11) is 0. The first kappa shape index (κ1) is 12.5. The summed E-state index contributed by atoms with van der Waals surface area (Å²) in [5.74, 6) is 0.943. The molecular weight excluding hydrogens is 262 g/mol. The maximum atomic E-state index is 11.9. The summed E-state index contributed by atoms with van der Waals surface area (Å²) in [6, 6.07) is 5.49. The van der Waals surface area contributed by atoms with Crippen molar-refractivity contribution in [3.8, 4) is 11.5 Å². The standard InChI is InChI=1S/C13H13N3O4/c17-12-4-2-9(15-16-12)13(18)14-6-8-1-3-10-11(5-8)20-7-19-10/h1,3,5H,2,4,6-7H2,(H,14,18)(H,16,17). The van der Waals surface area contributed by atoms with Gasteiger partial charge < -0.3 is 14.8 Å². The van der Waals surface area contributed by atoms with Gasteiger partial charge in [0, 0.05) is 19.4 Å². The third-order valence-electron chi connectivity index (χ3n) is 3.06. The summed E-state index contributed by atoms with van der Waals surface area (Å²) in [6.07, 6.45) is 0.648. The summed E-state index contributed by atoms with van der Waals surface area (Å²) >= 11 is 0. The van der Waals surface area contributed by atoms with Crippen LogP contribution in [0.4, 0.5) is 0 Å². The fraction of sp³-hybridized carbons (Fsp3) is 0.308. The lowest BCUT2D eigenvalue weighted by atomic mass is 10.1. The molecule has 1 aromatic carbocycles. The summed E-state index contributed by atoms with van der Waals surface area (Å²) in [4.78, 5) is 22.8. The minimum absolute atomic E-state index is 0.169. The van der Waals surface area contributed by atoms with Crippen molar-refractivity contribution < 1.29 is 19.1 Å². The molecule has 0 radical (unpaired) electrons. The highest BCUT2D eigenvalue weighted by atomic mass is 16.7. The normalized spacial score (nSPS) is 16.4. The van der Waals surface area contributed by atoms with Crippen LogP contribution in [-0.2, 0) is 16.1 Å². The number of carbonyl (C=O) groups is 2. The number of fused-ring (bicyclic) bond motifs is 1. The summed E-state index contributed by atoms with van der Waals surface area (Å²) in [5.41, 5.74) is 3.54. The smallest absolute Gasteiger partial charge is 0.267 e. The van der Waals surface area contributed by atoms with Crippen molar-refractivity contribution >= 4 is 17.5 Å². The van der Waals surface area contributed by atoms with E-state index in [9.17, 15) is 9.59 Å². The molecule has 3 rings (SSSR count). The predicted octanol–water partition coefficient (Wildman–Crippen LogP) is 0.297. The van der Waals surface area contributed by atoms with Crippen LogP contribution in [-0.4, -0.2) is 24.3 Å². The van der Waals surface area contributed by atoms with Crippen LogP contribution in [0, 0.1) is 0 Å². The number of nitrogens with zero attached hydrogens (tertiary/aromatic N) is 1. The zero-order chi connectivity index (χ0) is 13.9. The van der Waals surface area contributed by atoms with Gasteiger partial charge in [-0.25, -0.2) is 5.43 Å². The van der Waals surface area contributed by atoms with E-state index in [1.807, 2.05) is 18.2 Å². The van der Waals surface area contributed by atoms with Crippen molar-refractivity contribution in [2.75, 3.05) is 6.79 Å². The maximum Gasteiger partial charge on any atom is 0.267 e. The molecule has 2 aliphatic heterocycles. The van der Waals surface area contributed by atoms with Crippen LogP contribution < -0.4 is 20.2 Å². The topological polar surface area (TPSA) is 89.0 Å². The van der Waals surface area contributed by atoms with Crippen LogP contribution in [0.2, 0.25) is 0 Å². The highest BCUT2D eigenvalue weighted by Crippen LogP contribution is 2.32. The maximum absolute atomic E-state index is 11.9. The van der Waals surface area contributed by atoms with Gasteiger partial charge in [0.1, 0.15) is 5.71 Å². The van der Waals surface area contributed by atoms with Crippen LogP contribution in [0.25, 0.3) is 0 Å². The molecule has 2 aliphatic rings. The van der Waals surface area contributed by atoms with Gasteiger partial charge in [-0.3, -0.25) is 9.59 Å². The molecule has 104 valence electrons. The Morgan fingerprint density at radius 3 is 2.95 bits per heavy atom. The molecule has 2 heterocycles. The van der Waals surface area contributed by atoms with Gasteiger partial charge in [-0.2, -0.15) is 5.10 Å². The second-order valence-electron chi connectivity index (χ2n) is 4.46. The molecule has 0 bridgehead atoms. The van der Waals surface area contributed by atoms with Crippen molar-refractivity contribution in [2.45, 2.75) is 19.4 Å². The Hall–Kier alpha value is -2.57. The zero-order valence-electron chi connectivity index (χ0n) is 10.6. The zero-order valence-corrected chi connectivity index (χ0v) is 10.6. The molecule has 7 nitrogen and oxygen atoms in total. The van der Waals surface area contributed by atoms with Crippen molar-refractivity contribution in [3.05, 3.63) is 23.8 Å². The number of hydrogen-bond donors (Lipinski definition) is 2. The summed E-state index contributed by atoms with van der Waals surface area (Å²) in [6.45, 7) is 0.587. The lowest BCUT2D eigenvalue weighted by Crippen LogP contribution is -2.36. The molecule has 0 saturated carbocycles. The molecule has 0 saturated heterocycles. The second kappa shape index (κ2) is 5.20. The second-order valence-corrected chi connectivity index (χ2v) is 4.46. The van der Waals surface area contributed by atoms with Gasteiger partial charge in [0.25, 0.3) is 5.91 Å². The average molecular weight is 275 g/mol. The Balaban J connectivity index is 1.59. The van der Waals surface area contributed by atoms with E-state index in [0.29, 0.717) is 30.2 Å². The van der Waals surface area contributed by atoms with Gasteiger partial charge in [0.05, 0.1) is 0 Å². The van der Waals surface area contributed by atoms with Crippen LogP contribution in [0.5, 0.6) is 11.5 Å². The molecule has 7 heteroatoms. The van der Waals surface area contributed by atoms with Gasteiger partial charge in [0.15, 0.2) is 11.5 Å². The number of amides is 2. The quantitative estimate of drug-likeness (QED) is 0.830. The van der Waals surface area contributed by atoms with E-state index in [4.69, 9.17) is 9.47 Å². The molecule has 0 unspecified atom stereocenters. The van der Waals surface area contributed by atoms with Crippen molar-refractivity contribution in [1.82, 2.24) is 10.7 Å². The number of carbonyl (C=O) groups excluding carboxylic acids is 2. The molecular formula is C13H13N3O4. The Labute approximate surface area is 114 Å². The van der Waals surface area contributed by atoms with Crippen molar-refractivity contribution in [1.29, 1.82) is 0 Å². The van der Waals surface area contributed by atoms with Crippen molar-refractivity contribution in [3.63, 3.8) is 0 Å². The minimum Gasteiger partial charge on any atom is -0.454 e. The SMILES string of the molecule is O=C1CCC(C(=O)NCc2ccc3c(c2)OCO3)=NN1. The fourth-order valence-electron chi connectivity index (χ4n) is 1.97. The molecule has 0 atom stereocenters. The van der Waals surface area contributed by atoms with E-state index < -0.39 is 0 Å². The predicted molar refractivity (Wildman–Crippen MR) is 69.2 cm³/mol. The van der Waals surface area contributed by atoms with Crippen LogP contribution in [0.15, 0.2) is 23.3 Å². The average Bonchev–Trinajstić information content (AvgIpc) is 2.93. The minimum atomic E-state index is -0.275. The summed E-state index contributed by atoms with van der Waals surface area (Å²) in [5, 5.41) is 6.50. The van der Waals surface area contributed by atoms with Gasteiger partial charge in [0.2, 0.25) is 12.7 Å². The Morgan fingerprint density at radius 2 is 2.15 bits per heavy atom. The van der Waals surface area contributed by atoms with Crippen LogP contribution in [0.3, 0.4) is 0 Å². The monoisotopic (exact) mass is 275 g/mol. The molecule has 0 fully saturated rings. The van der Waals surface area contributed by atoms with Crippen molar-refractivity contribution in [2.24, 2.45) is 5.10 Å². The van der Waals surface area contributed by atoms with E-state index in [0.717, 1.165) is 5.56 Å². The molecule has 1 aromatic rings. The number of benzene rings is 1.